The maximum atomic E-state index is 6.91. The van der Waals surface area contributed by atoms with Crippen LogP contribution in [-0.2, 0) is 15.9 Å². The van der Waals surface area contributed by atoms with Crippen LogP contribution in [0, 0.1) is 5.92 Å². The number of aromatic nitrogens is 2. The van der Waals surface area contributed by atoms with Gasteiger partial charge in [0.2, 0.25) is 11.7 Å². The fraction of sp³-hybridized carbons (Fsp3) is 0.579. The lowest BCUT2D eigenvalue weighted by Crippen LogP contribution is -2.48. The average molecular weight is 379 g/mol. The van der Waals surface area contributed by atoms with E-state index in [1.807, 2.05) is 6.07 Å². The lowest BCUT2D eigenvalue weighted by molar-refractivity contribution is 0.00743. The number of halogens is 1. The molecule has 0 unspecified atom stereocenters. The van der Waals surface area contributed by atoms with Crippen LogP contribution in [0.1, 0.15) is 49.4 Å². The quantitative estimate of drug-likeness (QED) is 0.493. The average Bonchev–Trinajstić information content (AvgIpc) is 3.10. The van der Waals surface area contributed by atoms with E-state index >= 15 is 0 Å². The maximum absolute atomic E-state index is 6.91. The Bertz CT molecular complexity index is 680. The molecule has 1 aromatic carbocycles. The van der Waals surface area contributed by atoms with Gasteiger partial charge in [0.05, 0.1) is 0 Å². The van der Waals surface area contributed by atoms with Crippen molar-refractivity contribution < 1.29 is 8.95 Å². The minimum Gasteiger partial charge on any atom is -0.401 e. The first-order valence-electron chi connectivity index (χ1n) is 9.10. The van der Waals surface area contributed by atoms with E-state index in [2.05, 4.69) is 54.0 Å². The minimum absolute atomic E-state index is 0.218. The topological polar surface area (TPSA) is 48.2 Å². The first kappa shape index (κ1) is 18.6. The van der Waals surface area contributed by atoms with E-state index in [0.717, 1.165) is 18.4 Å². The van der Waals surface area contributed by atoms with Gasteiger partial charge >= 0.3 is 0 Å². The Kier molecular flexibility index (Phi) is 5.66. The summed E-state index contributed by atoms with van der Waals surface area (Å²) in [6.07, 6.45) is 5.95. The number of benzene rings is 1. The third-order valence-electron chi connectivity index (χ3n) is 4.76. The molecule has 1 aliphatic rings. The zero-order valence-corrected chi connectivity index (χ0v) is 17.1. The molecule has 1 aliphatic carbocycles. The van der Waals surface area contributed by atoms with E-state index in [4.69, 9.17) is 20.6 Å². The highest BCUT2D eigenvalue weighted by atomic mass is 35.5. The molecular formula is C19H27ClN2O2Si. The zero-order chi connectivity index (χ0) is 17.9. The fourth-order valence-electron chi connectivity index (χ4n) is 3.87. The molecule has 4 nitrogen and oxygen atoms in total. The molecule has 0 radical (unpaired) electrons. The largest absolute Gasteiger partial charge is 0.401 e. The van der Waals surface area contributed by atoms with E-state index in [-0.39, 0.29) is 5.88 Å². The molecule has 1 saturated carbocycles. The molecule has 0 saturated heterocycles. The van der Waals surface area contributed by atoms with Gasteiger partial charge < -0.3 is 8.95 Å². The SMILES string of the molecule is C[Si](C)(C)O[C@](c1ccccc1)(c1noc(CCl)n1)C1CCCCC1. The predicted molar refractivity (Wildman–Crippen MR) is 102 cm³/mol. The standard InChI is InChI=1S/C19H27ClN2O2Si/c1-25(2,3)24-19(15-10-6-4-7-11-15,16-12-8-5-9-13-16)18-21-17(14-20)23-22-18/h4,6-7,10-11,16H,5,8-9,12-14H2,1-3H3/t19-/m0/s1. The van der Waals surface area contributed by atoms with Crippen molar-refractivity contribution in [2.45, 2.75) is 63.2 Å². The van der Waals surface area contributed by atoms with Gasteiger partial charge in [0.1, 0.15) is 11.5 Å². The zero-order valence-electron chi connectivity index (χ0n) is 15.3. The van der Waals surface area contributed by atoms with E-state index in [1.54, 1.807) is 0 Å². The van der Waals surface area contributed by atoms with Crippen LogP contribution < -0.4 is 0 Å². The first-order chi connectivity index (χ1) is 12.0. The van der Waals surface area contributed by atoms with Gasteiger partial charge in [0.15, 0.2) is 8.32 Å². The molecule has 1 aromatic heterocycles. The van der Waals surface area contributed by atoms with Crippen LogP contribution in [0.2, 0.25) is 19.6 Å². The molecule has 136 valence electrons. The summed E-state index contributed by atoms with van der Waals surface area (Å²) < 4.78 is 12.3. The molecule has 0 spiro atoms. The van der Waals surface area contributed by atoms with Gasteiger partial charge in [-0.2, -0.15) is 4.98 Å². The van der Waals surface area contributed by atoms with Crippen LogP contribution in [0.3, 0.4) is 0 Å². The molecule has 25 heavy (non-hydrogen) atoms. The fourth-order valence-corrected chi connectivity index (χ4v) is 5.32. The molecule has 0 amide bonds. The van der Waals surface area contributed by atoms with Crippen molar-refractivity contribution >= 4 is 19.9 Å². The van der Waals surface area contributed by atoms with Crippen LogP contribution in [0.15, 0.2) is 34.9 Å². The molecule has 1 fully saturated rings. The lowest BCUT2D eigenvalue weighted by atomic mass is 9.73. The lowest BCUT2D eigenvalue weighted by Gasteiger charge is -2.44. The molecule has 3 rings (SSSR count). The van der Waals surface area contributed by atoms with Gasteiger partial charge in [-0.05, 0) is 44.0 Å². The molecule has 1 heterocycles. The number of rotatable bonds is 6. The van der Waals surface area contributed by atoms with Gasteiger partial charge in [0.25, 0.3) is 0 Å². The van der Waals surface area contributed by atoms with Crippen LogP contribution in [-0.4, -0.2) is 18.5 Å². The van der Waals surface area contributed by atoms with Gasteiger partial charge in [0, 0.05) is 0 Å². The van der Waals surface area contributed by atoms with Crippen LogP contribution in [0.4, 0.5) is 0 Å². The molecular weight excluding hydrogens is 352 g/mol. The summed E-state index contributed by atoms with van der Waals surface area (Å²) in [4.78, 5) is 4.62. The van der Waals surface area contributed by atoms with Crippen molar-refractivity contribution in [2.24, 2.45) is 5.92 Å². The van der Waals surface area contributed by atoms with Crippen LogP contribution in [0.25, 0.3) is 0 Å². The van der Waals surface area contributed by atoms with Gasteiger partial charge in [-0.1, -0.05) is 54.8 Å². The van der Waals surface area contributed by atoms with E-state index < -0.39 is 13.9 Å². The molecule has 6 heteroatoms. The Hall–Kier alpha value is -1.17. The van der Waals surface area contributed by atoms with Crippen molar-refractivity contribution in [1.29, 1.82) is 0 Å². The van der Waals surface area contributed by atoms with Crippen molar-refractivity contribution in [3.63, 3.8) is 0 Å². The monoisotopic (exact) mass is 378 g/mol. The molecule has 2 aromatic rings. The van der Waals surface area contributed by atoms with E-state index in [1.165, 1.54) is 19.3 Å². The van der Waals surface area contributed by atoms with E-state index in [9.17, 15) is 0 Å². The van der Waals surface area contributed by atoms with Crippen molar-refractivity contribution in [3.8, 4) is 0 Å². The van der Waals surface area contributed by atoms with Gasteiger partial charge in [-0.3, -0.25) is 0 Å². The molecule has 0 N–H and O–H groups in total. The Morgan fingerprint density at radius 1 is 1.16 bits per heavy atom. The summed E-state index contributed by atoms with van der Waals surface area (Å²) in [6, 6.07) is 10.4. The summed E-state index contributed by atoms with van der Waals surface area (Å²) in [6.45, 7) is 6.65. The molecule has 1 atom stereocenters. The summed E-state index contributed by atoms with van der Waals surface area (Å²) in [5.74, 6) is 1.64. The van der Waals surface area contributed by atoms with Crippen LogP contribution in [0.5, 0.6) is 0 Å². The number of hydrogen-bond donors (Lipinski definition) is 0. The highest BCUT2D eigenvalue weighted by molar-refractivity contribution is 6.69. The van der Waals surface area contributed by atoms with Crippen molar-refractivity contribution in [3.05, 3.63) is 47.6 Å². The second-order valence-corrected chi connectivity index (χ2v) is 12.5. The highest BCUT2D eigenvalue weighted by Crippen LogP contribution is 2.47. The Labute approximate surface area is 156 Å². The van der Waals surface area contributed by atoms with Gasteiger partial charge in [-0.15, -0.1) is 11.6 Å². The first-order valence-corrected chi connectivity index (χ1v) is 13.0. The van der Waals surface area contributed by atoms with Gasteiger partial charge in [-0.25, -0.2) is 0 Å². The Balaban J connectivity index is 2.18. The minimum atomic E-state index is -1.90. The normalized spacial score (nSPS) is 18.9. The Morgan fingerprint density at radius 2 is 1.84 bits per heavy atom. The van der Waals surface area contributed by atoms with Crippen molar-refractivity contribution in [1.82, 2.24) is 10.1 Å². The van der Waals surface area contributed by atoms with Crippen LogP contribution >= 0.6 is 11.6 Å². The third kappa shape index (κ3) is 3.99. The highest BCUT2D eigenvalue weighted by Gasteiger charge is 2.49. The summed E-state index contributed by atoms with van der Waals surface area (Å²) >= 11 is 5.93. The molecule has 0 bridgehead atoms. The maximum Gasteiger partial charge on any atom is 0.241 e. The van der Waals surface area contributed by atoms with Crippen molar-refractivity contribution in [2.75, 3.05) is 0 Å². The number of alkyl halides is 1. The second-order valence-electron chi connectivity index (χ2n) is 7.80. The summed E-state index contributed by atoms with van der Waals surface area (Å²) in [5, 5.41) is 4.32. The third-order valence-corrected chi connectivity index (χ3v) is 5.93. The van der Waals surface area contributed by atoms with E-state index in [0.29, 0.717) is 17.6 Å². The summed E-state index contributed by atoms with van der Waals surface area (Å²) in [7, 11) is -1.90. The number of hydrogen-bond acceptors (Lipinski definition) is 4. The summed E-state index contributed by atoms with van der Waals surface area (Å²) in [5.41, 5.74) is 0.464. The smallest absolute Gasteiger partial charge is 0.241 e. The molecule has 0 aliphatic heterocycles. The second kappa shape index (κ2) is 7.60. The number of nitrogens with zero attached hydrogens (tertiary/aromatic N) is 2. The Morgan fingerprint density at radius 3 is 2.40 bits per heavy atom. The predicted octanol–water partition coefficient (Wildman–Crippen LogP) is 5.48.